The van der Waals surface area contributed by atoms with E-state index in [0.717, 1.165) is 12.8 Å². The van der Waals surface area contributed by atoms with Crippen LogP contribution in [0.1, 0.15) is 26.7 Å². The predicted octanol–water partition coefficient (Wildman–Crippen LogP) is 3.26. The summed E-state index contributed by atoms with van der Waals surface area (Å²) in [6, 6.07) is 5.35. The Morgan fingerprint density at radius 3 is 2.88 bits per heavy atom. The van der Waals surface area contributed by atoms with Crippen molar-refractivity contribution in [1.82, 2.24) is 0 Å². The second-order valence-corrected chi connectivity index (χ2v) is 5.41. The largest absolute Gasteiger partial charge is 0.487 e. The lowest BCUT2D eigenvalue weighted by atomic mass is 10.1. The van der Waals surface area contributed by atoms with Crippen molar-refractivity contribution < 1.29 is 9.47 Å². The van der Waals surface area contributed by atoms with E-state index in [1.54, 1.807) is 18.2 Å². The molecule has 0 radical (unpaired) electrons. The van der Waals surface area contributed by atoms with Gasteiger partial charge in [-0.3, -0.25) is 0 Å². The van der Waals surface area contributed by atoms with Gasteiger partial charge < -0.3 is 15.2 Å². The Morgan fingerprint density at radius 2 is 2.29 bits per heavy atom. The van der Waals surface area contributed by atoms with E-state index in [4.69, 9.17) is 26.8 Å². The first kappa shape index (κ1) is 12.5. The molecule has 17 heavy (non-hydrogen) atoms. The van der Waals surface area contributed by atoms with Gasteiger partial charge in [0.25, 0.3) is 0 Å². The minimum Gasteiger partial charge on any atom is -0.487 e. The van der Waals surface area contributed by atoms with Gasteiger partial charge in [0, 0.05) is 0 Å². The summed E-state index contributed by atoms with van der Waals surface area (Å²) in [4.78, 5) is 0. The molecule has 1 aliphatic rings. The number of anilines is 1. The van der Waals surface area contributed by atoms with Crippen LogP contribution in [0.15, 0.2) is 18.2 Å². The lowest BCUT2D eigenvalue weighted by Gasteiger charge is -2.20. The van der Waals surface area contributed by atoms with E-state index in [2.05, 4.69) is 13.8 Å². The summed E-state index contributed by atoms with van der Waals surface area (Å²) in [6.45, 7) is 4.69. The van der Waals surface area contributed by atoms with Crippen LogP contribution in [0.2, 0.25) is 5.02 Å². The van der Waals surface area contributed by atoms with Gasteiger partial charge >= 0.3 is 0 Å². The van der Waals surface area contributed by atoms with Crippen molar-refractivity contribution in [2.24, 2.45) is 0 Å². The molecule has 1 atom stereocenters. The molecule has 0 bridgehead atoms. The van der Waals surface area contributed by atoms with Gasteiger partial charge in [0.2, 0.25) is 0 Å². The van der Waals surface area contributed by atoms with Gasteiger partial charge in [0.05, 0.1) is 22.4 Å². The van der Waals surface area contributed by atoms with Gasteiger partial charge in [-0.15, -0.1) is 0 Å². The Bertz CT molecular complexity index is 386. The van der Waals surface area contributed by atoms with Crippen LogP contribution in [0.5, 0.6) is 5.75 Å². The molecule has 0 saturated carbocycles. The van der Waals surface area contributed by atoms with E-state index in [0.29, 0.717) is 23.1 Å². The maximum Gasteiger partial charge on any atom is 0.160 e. The molecule has 1 heterocycles. The highest BCUT2D eigenvalue weighted by atomic mass is 35.5. The Labute approximate surface area is 107 Å². The van der Waals surface area contributed by atoms with Crippen LogP contribution < -0.4 is 10.5 Å². The molecular weight excluding hydrogens is 238 g/mol. The van der Waals surface area contributed by atoms with E-state index >= 15 is 0 Å². The summed E-state index contributed by atoms with van der Waals surface area (Å²) >= 11 is 6.03. The van der Waals surface area contributed by atoms with Gasteiger partial charge in [0.1, 0.15) is 6.61 Å². The van der Waals surface area contributed by atoms with Crippen LogP contribution in [0, 0.1) is 0 Å². The molecule has 94 valence electrons. The first-order chi connectivity index (χ1) is 7.98. The Kier molecular flexibility index (Phi) is 3.50. The van der Waals surface area contributed by atoms with Crippen LogP contribution in [-0.2, 0) is 4.74 Å². The number of para-hydroxylation sites is 1. The van der Waals surface area contributed by atoms with Crippen molar-refractivity contribution in [3.8, 4) is 5.75 Å². The minimum absolute atomic E-state index is 0.0416. The number of halogens is 1. The molecule has 0 amide bonds. The molecule has 0 spiro atoms. The van der Waals surface area contributed by atoms with E-state index in [1.807, 2.05) is 0 Å². The first-order valence-corrected chi connectivity index (χ1v) is 6.20. The summed E-state index contributed by atoms with van der Waals surface area (Å²) in [5, 5.41) is 0.544. The molecule has 3 nitrogen and oxygen atoms in total. The number of hydrogen-bond donors (Lipinski definition) is 1. The number of nitrogens with two attached hydrogens (primary N) is 1. The number of benzene rings is 1. The molecule has 1 saturated heterocycles. The zero-order valence-electron chi connectivity index (χ0n) is 10.2. The van der Waals surface area contributed by atoms with Gasteiger partial charge in [-0.2, -0.15) is 0 Å². The standard InChI is InChI=1S/C13H18ClNO2/c1-13(2)7-6-9(17-13)8-16-12-10(14)4-3-5-11(12)15/h3-5,9H,6-8,15H2,1-2H3. The number of ether oxygens (including phenoxy) is 2. The molecule has 0 aromatic heterocycles. The highest BCUT2D eigenvalue weighted by Gasteiger charge is 2.32. The summed E-state index contributed by atoms with van der Waals surface area (Å²) in [5.74, 6) is 0.558. The fourth-order valence-corrected chi connectivity index (χ4v) is 2.29. The minimum atomic E-state index is -0.0416. The maximum absolute atomic E-state index is 6.03. The predicted molar refractivity (Wildman–Crippen MR) is 69.5 cm³/mol. The second kappa shape index (κ2) is 4.75. The second-order valence-electron chi connectivity index (χ2n) is 5.01. The van der Waals surface area contributed by atoms with E-state index < -0.39 is 0 Å². The fourth-order valence-electron chi connectivity index (χ4n) is 2.05. The number of hydrogen-bond acceptors (Lipinski definition) is 3. The lowest BCUT2D eigenvalue weighted by Crippen LogP contribution is -2.24. The quantitative estimate of drug-likeness (QED) is 0.844. The van der Waals surface area contributed by atoms with Crippen molar-refractivity contribution in [3.63, 3.8) is 0 Å². The van der Waals surface area contributed by atoms with Crippen molar-refractivity contribution in [1.29, 1.82) is 0 Å². The summed E-state index contributed by atoms with van der Waals surface area (Å²) in [6.07, 6.45) is 2.19. The van der Waals surface area contributed by atoms with Crippen molar-refractivity contribution in [2.45, 2.75) is 38.4 Å². The van der Waals surface area contributed by atoms with Crippen LogP contribution in [-0.4, -0.2) is 18.3 Å². The number of nitrogen functional groups attached to an aromatic ring is 1. The molecular formula is C13H18ClNO2. The highest BCUT2D eigenvalue weighted by Crippen LogP contribution is 2.33. The normalized spacial score (nSPS) is 22.6. The first-order valence-electron chi connectivity index (χ1n) is 5.82. The average Bonchev–Trinajstić information content (AvgIpc) is 2.57. The molecule has 1 aromatic carbocycles. The number of rotatable bonds is 3. The third-order valence-electron chi connectivity index (χ3n) is 2.97. The SMILES string of the molecule is CC1(C)CCC(COc2c(N)cccc2Cl)O1. The molecule has 1 fully saturated rings. The smallest absolute Gasteiger partial charge is 0.160 e. The van der Waals surface area contributed by atoms with Gasteiger partial charge in [-0.05, 0) is 38.8 Å². The van der Waals surface area contributed by atoms with Crippen molar-refractivity contribution in [3.05, 3.63) is 23.2 Å². The lowest BCUT2D eigenvalue weighted by molar-refractivity contribution is -0.0325. The fraction of sp³-hybridized carbons (Fsp3) is 0.538. The molecule has 1 unspecified atom stereocenters. The van der Waals surface area contributed by atoms with Crippen LogP contribution in [0.3, 0.4) is 0 Å². The van der Waals surface area contributed by atoms with E-state index in [1.165, 1.54) is 0 Å². The van der Waals surface area contributed by atoms with Crippen LogP contribution in [0.25, 0.3) is 0 Å². The summed E-state index contributed by atoms with van der Waals surface area (Å²) in [7, 11) is 0. The topological polar surface area (TPSA) is 44.5 Å². The zero-order valence-corrected chi connectivity index (χ0v) is 11.0. The highest BCUT2D eigenvalue weighted by molar-refractivity contribution is 6.32. The monoisotopic (exact) mass is 255 g/mol. The summed E-state index contributed by atoms with van der Waals surface area (Å²) < 4.78 is 11.5. The third kappa shape index (κ3) is 3.05. The Hall–Kier alpha value is -0.930. The molecule has 1 aliphatic heterocycles. The van der Waals surface area contributed by atoms with Crippen molar-refractivity contribution in [2.75, 3.05) is 12.3 Å². The Balaban J connectivity index is 1.95. The molecule has 2 N–H and O–H groups in total. The van der Waals surface area contributed by atoms with E-state index in [9.17, 15) is 0 Å². The van der Waals surface area contributed by atoms with Crippen LogP contribution in [0.4, 0.5) is 5.69 Å². The van der Waals surface area contributed by atoms with Gasteiger partial charge in [-0.25, -0.2) is 0 Å². The summed E-state index contributed by atoms with van der Waals surface area (Å²) in [5.41, 5.74) is 6.33. The molecule has 2 rings (SSSR count). The van der Waals surface area contributed by atoms with Gasteiger partial charge in [0.15, 0.2) is 5.75 Å². The third-order valence-corrected chi connectivity index (χ3v) is 3.26. The zero-order chi connectivity index (χ0) is 12.5. The molecule has 4 heteroatoms. The average molecular weight is 256 g/mol. The maximum atomic E-state index is 6.03. The Morgan fingerprint density at radius 1 is 1.53 bits per heavy atom. The van der Waals surface area contributed by atoms with Crippen LogP contribution >= 0.6 is 11.6 Å². The van der Waals surface area contributed by atoms with Gasteiger partial charge in [-0.1, -0.05) is 17.7 Å². The molecule has 0 aliphatic carbocycles. The van der Waals surface area contributed by atoms with E-state index in [-0.39, 0.29) is 11.7 Å². The molecule has 1 aromatic rings. The van der Waals surface area contributed by atoms with Crippen molar-refractivity contribution >= 4 is 17.3 Å².